The van der Waals surface area contributed by atoms with E-state index in [1.54, 1.807) is 0 Å². The predicted octanol–water partition coefficient (Wildman–Crippen LogP) is 1.16. The highest BCUT2D eigenvalue weighted by molar-refractivity contribution is 5.12. The van der Waals surface area contributed by atoms with Crippen molar-refractivity contribution < 1.29 is 0 Å². The Morgan fingerprint density at radius 2 is 2.24 bits per heavy atom. The Kier molecular flexibility index (Phi) is 2.92. The Hall–Kier alpha value is -0.870. The van der Waals surface area contributed by atoms with Crippen molar-refractivity contribution >= 4 is 0 Å². The van der Waals surface area contributed by atoms with Gasteiger partial charge in [-0.1, -0.05) is 0 Å². The van der Waals surface area contributed by atoms with Crippen LogP contribution in [0.25, 0.3) is 0 Å². The molecule has 0 bridgehead atoms. The highest BCUT2D eigenvalue weighted by Gasteiger charge is 2.43. The maximum absolute atomic E-state index is 4.29. The van der Waals surface area contributed by atoms with Crippen LogP contribution in [-0.2, 0) is 7.05 Å². The number of hydrogen-bond donors (Lipinski definition) is 1. The Balaban J connectivity index is 1.86. The highest BCUT2D eigenvalue weighted by Crippen LogP contribution is 2.43. The van der Waals surface area contributed by atoms with E-state index in [4.69, 9.17) is 0 Å². The van der Waals surface area contributed by atoms with Gasteiger partial charge in [0.05, 0.1) is 18.1 Å². The SMILES string of the molecule is CNCC1CCN(C2CC2)C1c1cncn1C. The molecule has 94 valence electrons. The zero-order valence-corrected chi connectivity index (χ0v) is 10.8. The van der Waals surface area contributed by atoms with Crippen LogP contribution in [0.2, 0.25) is 0 Å². The normalized spacial score (nSPS) is 30.0. The quantitative estimate of drug-likeness (QED) is 0.849. The molecular weight excluding hydrogens is 212 g/mol. The molecule has 1 saturated heterocycles. The fourth-order valence-corrected chi connectivity index (χ4v) is 3.24. The Bertz CT molecular complexity index is 383. The topological polar surface area (TPSA) is 33.1 Å². The first-order chi connectivity index (χ1) is 8.31. The molecule has 1 saturated carbocycles. The molecule has 2 atom stereocenters. The summed E-state index contributed by atoms with van der Waals surface area (Å²) in [7, 11) is 4.17. The van der Waals surface area contributed by atoms with Gasteiger partial charge in [0.15, 0.2) is 0 Å². The van der Waals surface area contributed by atoms with E-state index >= 15 is 0 Å². The lowest BCUT2D eigenvalue weighted by Crippen LogP contribution is -2.31. The molecule has 0 spiro atoms. The van der Waals surface area contributed by atoms with Gasteiger partial charge in [-0.25, -0.2) is 4.98 Å². The fourth-order valence-electron chi connectivity index (χ4n) is 3.24. The minimum Gasteiger partial charge on any atom is -0.336 e. The molecule has 0 radical (unpaired) electrons. The predicted molar refractivity (Wildman–Crippen MR) is 67.7 cm³/mol. The summed E-state index contributed by atoms with van der Waals surface area (Å²) in [5.41, 5.74) is 1.38. The van der Waals surface area contributed by atoms with Crippen molar-refractivity contribution in [3.05, 3.63) is 18.2 Å². The van der Waals surface area contributed by atoms with Crippen molar-refractivity contribution in [3.63, 3.8) is 0 Å². The second kappa shape index (κ2) is 4.42. The molecule has 2 aliphatic rings. The van der Waals surface area contributed by atoms with Gasteiger partial charge in [0.2, 0.25) is 0 Å². The van der Waals surface area contributed by atoms with E-state index < -0.39 is 0 Å². The van der Waals surface area contributed by atoms with Crippen LogP contribution in [0.5, 0.6) is 0 Å². The molecule has 2 unspecified atom stereocenters. The van der Waals surface area contributed by atoms with Crippen LogP contribution in [0.1, 0.15) is 31.0 Å². The first-order valence-corrected chi connectivity index (χ1v) is 6.68. The average Bonchev–Trinajstić information content (AvgIpc) is 2.96. The maximum Gasteiger partial charge on any atom is 0.0946 e. The molecule has 17 heavy (non-hydrogen) atoms. The third-order valence-corrected chi connectivity index (χ3v) is 4.20. The molecule has 1 N–H and O–H groups in total. The second-order valence-corrected chi connectivity index (χ2v) is 5.45. The van der Waals surface area contributed by atoms with Gasteiger partial charge in [-0.2, -0.15) is 0 Å². The van der Waals surface area contributed by atoms with Crippen molar-refractivity contribution in [1.82, 2.24) is 19.8 Å². The standard InChI is InChI=1S/C13H22N4/c1-14-7-10-5-6-17(11-3-4-11)13(10)12-8-15-9-16(12)2/h8-11,13-14H,3-7H2,1-2H3. The van der Waals surface area contributed by atoms with Crippen LogP contribution >= 0.6 is 0 Å². The molecular formula is C13H22N4. The van der Waals surface area contributed by atoms with Crippen molar-refractivity contribution in [3.8, 4) is 0 Å². The van der Waals surface area contributed by atoms with Gasteiger partial charge in [0.1, 0.15) is 0 Å². The van der Waals surface area contributed by atoms with Crippen molar-refractivity contribution in [1.29, 1.82) is 0 Å². The van der Waals surface area contributed by atoms with E-state index in [1.165, 1.54) is 31.5 Å². The smallest absolute Gasteiger partial charge is 0.0946 e. The third-order valence-electron chi connectivity index (χ3n) is 4.20. The molecule has 0 aromatic carbocycles. The van der Waals surface area contributed by atoms with E-state index in [1.807, 2.05) is 12.5 Å². The first-order valence-electron chi connectivity index (χ1n) is 6.68. The number of nitrogens with zero attached hydrogens (tertiary/aromatic N) is 3. The van der Waals surface area contributed by atoms with Crippen LogP contribution in [0.4, 0.5) is 0 Å². The number of imidazole rings is 1. The van der Waals surface area contributed by atoms with Crippen LogP contribution in [0.3, 0.4) is 0 Å². The number of rotatable bonds is 4. The van der Waals surface area contributed by atoms with Gasteiger partial charge < -0.3 is 9.88 Å². The van der Waals surface area contributed by atoms with Gasteiger partial charge in [-0.3, -0.25) is 4.90 Å². The third kappa shape index (κ3) is 2.00. The largest absolute Gasteiger partial charge is 0.336 e. The molecule has 4 nitrogen and oxygen atoms in total. The zero-order chi connectivity index (χ0) is 11.8. The van der Waals surface area contributed by atoms with Crippen molar-refractivity contribution in [2.75, 3.05) is 20.1 Å². The molecule has 0 amide bonds. The molecule has 2 fully saturated rings. The van der Waals surface area contributed by atoms with E-state index in [2.05, 4.69) is 33.9 Å². The summed E-state index contributed by atoms with van der Waals surface area (Å²) in [5.74, 6) is 0.732. The fraction of sp³-hybridized carbons (Fsp3) is 0.769. The van der Waals surface area contributed by atoms with Crippen LogP contribution in [0.15, 0.2) is 12.5 Å². The van der Waals surface area contributed by atoms with E-state index in [0.717, 1.165) is 18.5 Å². The summed E-state index contributed by atoms with van der Waals surface area (Å²) < 4.78 is 2.19. The molecule has 4 heteroatoms. The minimum absolute atomic E-state index is 0.572. The molecule has 2 heterocycles. The number of nitrogens with one attached hydrogen (secondary N) is 1. The number of aromatic nitrogens is 2. The Morgan fingerprint density at radius 3 is 2.82 bits per heavy atom. The van der Waals surface area contributed by atoms with Gasteiger partial charge in [0.25, 0.3) is 0 Å². The summed E-state index contributed by atoms with van der Waals surface area (Å²) in [5, 5.41) is 3.34. The number of aryl methyl sites for hydroxylation is 1. The van der Waals surface area contributed by atoms with Crippen LogP contribution in [0, 0.1) is 5.92 Å². The summed E-state index contributed by atoms with van der Waals surface area (Å²) in [6.07, 6.45) is 8.07. The van der Waals surface area contributed by atoms with Gasteiger partial charge in [0, 0.05) is 19.3 Å². The summed E-state index contributed by atoms with van der Waals surface area (Å²) in [6, 6.07) is 1.42. The Labute approximate surface area is 103 Å². The highest BCUT2D eigenvalue weighted by atomic mass is 15.3. The van der Waals surface area contributed by atoms with Crippen molar-refractivity contribution in [2.24, 2.45) is 13.0 Å². The molecule has 1 aromatic rings. The van der Waals surface area contributed by atoms with Crippen LogP contribution in [-0.4, -0.2) is 40.6 Å². The molecule has 1 aliphatic carbocycles. The summed E-state index contributed by atoms with van der Waals surface area (Å²) in [6.45, 7) is 2.37. The van der Waals surface area contributed by atoms with Gasteiger partial charge in [-0.05, 0) is 45.3 Å². The van der Waals surface area contributed by atoms with E-state index in [0.29, 0.717) is 6.04 Å². The van der Waals surface area contributed by atoms with Gasteiger partial charge in [-0.15, -0.1) is 0 Å². The average molecular weight is 234 g/mol. The van der Waals surface area contributed by atoms with Crippen molar-refractivity contribution in [2.45, 2.75) is 31.3 Å². The molecule has 1 aliphatic heterocycles. The minimum atomic E-state index is 0.572. The van der Waals surface area contributed by atoms with E-state index in [9.17, 15) is 0 Å². The maximum atomic E-state index is 4.29. The summed E-state index contributed by atoms with van der Waals surface area (Å²) >= 11 is 0. The summed E-state index contributed by atoms with van der Waals surface area (Å²) in [4.78, 5) is 7.00. The van der Waals surface area contributed by atoms with E-state index in [-0.39, 0.29) is 0 Å². The molecule has 1 aromatic heterocycles. The zero-order valence-electron chi connectivity index (χ0n) is 10.8. The lowest BCUT2D eigenvalue weighted by Gasteiger charge is -2.28. The lowest BCUT2D eigenvalue weighted by molar-refractivity contribution is 0.209. The molecule has 3 rings (SSSR count). The van der Waals surface area contributed by atoms with Gasteiger partial charge >= 0.3 is 0 Å². The monoisotopic (exact) mass is 234 g/mol. The van der Waals surface area contributed by atoms with Crippen LogP contribution < -0.4 is 5.32 Å². The number of likely N-dealkylation sites (tertiary alicyclic amines) is 1. The number of hydrogen-bond acceptors (Lipinski definition) is 3. The second-order valence-electron chi connectivity index (χ2n) is 5.45. The first kappa shape index (κ1) is 11.2. The lowest BCUT2D eigenvalue weighted by atomic mass is 9.97. The Morgan fingerprint density at radius 1 is 1.41 bits per heavy atom.